The Morgan fingerprint density at radius 2 is 1.88 bits per heavy atom. The Kier molecular flexibility index (Phi) is 4.48. The van der Waals surface area contributed by atoms with Crippen molar-refractivity contribution in [3.05, 3.63) is 66.2 Å². The Morgan fingerprint density at radius 3 is 2.58 bits per heavy atom. The van der Waals surface area contributed by atoms with Crippen molar-refractivity contribution in [2.24, 2.45) is 0 Å². The van der Waals surface area contributed by atoms with Crippen molar-refractivity contribution in [1.82, 2.24) is 9.88 Å². The molecule has 2 amide bonds. The van der Waals surface area contributed by atoms with Crippen LogP contribution in [0.4, 0.5) is 5.69 Å². The van der Waals surface area contributed by atoms with Gasteiger partial charge in [0.2, 0.25) is 0 Å². The molecule has 0 bridgehead atoms. The number of carbonyl (C=O) groups excluding carboxylic acids is 2. The number of thioether (sulfide) groups is 1. The Morgan fingerprint density at radius 1 is 1.15 bits per heavy atom. The molecule has 1 aromatic heterocycles. The fourth-order valence-corrected chi connectivity index (χ4v) is 4.63. The first kappa shape index (κ1) is 16.8. The second-order valence-corrected chi connectivity index (χ2v) is 7.98. The van der Waals surface area contributed by atoms with Crippen LogP contribution in [0.25, 0.3) is 10.2 Å². The summed E-state index contributed by atoms with van der Waals surface area (Å²) in [7, 11) is 0. The minimum atomic E-state index is -0.264. The monoisotopic (exact) mass is 381 g/mol. The summed E-state index contributed by atoms with van der Waals surface area (Å²) in [4.78, 5) is 30.6. The lowest BCUT2D eigenvalue weighted by molar-refractivity contribution is 0.0666. The van der Waals surface area contributed by atoms with Crippen molar-refractivity contribution >= 4 is 50.8 Å². The number of anilines is 1. The van der Waals surface area contributed by atoms with Gasteiger partial charge in [0, 0.05) is 11.4 Å². The third-order valence-electron chi connectivity index (χ3n) is 4.01. The molecular weight excluding hydrogens is 366 g/mol. The van der Waals surface area contributed by atoms with Crippen LogP contribution in [0.15, 0.2) is 59.5 Å². The van der Waals surface area contributed by atoms with E-state index in [1.165, 1.54) is 4.90 Å². The largest absolute Gasteiger partial charge is 0.367 e. The number of benzene rings is 2. The normalized spacial score (nSPS) is 13.3. The summed E-state index contributed by atoms with van der Waals surface area (Å²) < 4.78 is 2.06. The smallest absolute Gasteiger partial charge is 0.263 e. The Hall–Kier alpha value is -2.64. The van der Waals surface area contributed by atoms with Gasteiger partial charge in [0.05, 0.1) is 28.0 Å². The zero-order valence-corrected chi connectivity index (χ0v) is 15.4. The van der Waals surface area contributed by atoms with Crippen LogP contribution in [0.2, 0.25) is 0 Å². The van der Waals surface area contributed by atoms with Gasteiger partial charge >= 0.3 is 0 Å². The summed E-state index contributed by atoms with van der Waals surface area (Å²) in [5.74, 6) is 0.296. The number of hydrogen-bond donors (Lipinski definition) is 1. The second-order valence-electron chi connectivity index (χ2n) is 5.68. The highest BCUT2D eigenvalue weighted by Crippen LogP contribution is 2.31. The Labute approximate surface area is 158 Å². The number of rotatable bonds is 6. The van der Waals surface area contributed by atoms with E-state index < -0.39 is 0 Å². The van der Waals surface area contributed by atoms with Crippen LogP contribution in [-0.4, -0.2) is 34.1 Å². The van der Waals surface area contributed by atoms with Crippen LogP contribution in [0, 0.1) is 0 Å². The fraction of sp³-hybridized carbons (Fsp3) is 0.105. The van der Waals surface area contributed by atoms with E-state index in [4.69, 9.17) is 0 Å². The molecule has 0 fully saturated rings. The van der Waals surface area contributed by atoms with Crippen molar-refractivity contribution in [1.29, 1.82) is 0 Å². The number of nitrogens with zero attached hydrogens (tertiary/aromatic N) is 2. The van der Waals surface area contributed by atoms with Crippen molar-refractivity contribution in [2.75, 3.05) is 17.7 Å². The van der Waals surface area contributed by atoms with Gasteiger partial charge in [-0.2, -0.15) is 0 Å². The molecule has 26 heavy (non-hydrogen) atoms. The number of hydrogen-bond acceptors (Lipinski definition) is 6. The van der Waals surface area contributed by atoms with Gasteiger partial charge in [-0.25, -0.2) is 4.98 Å². The van der Waals surface area contributed by atoms with Crippen molar-refractivity contribution in [3.8, 4) is 0 Å². The molecule has 0 aliphatic carbocycles. The van der Waals surface area contributed by atoms with E-state index in [1.54, 1.807) is 47.4 Å². The highest BCUT2D eigenvalue weighted by molar-refractivity contribution is 8.01. The SMILES string of the molecule is C=CCSc1nc2ccc(NCN3C(=O)c4ccccc4C3=O)cc2s1. The molecule has 2 aromatic carbocycles. The lowest BCUT2D eigenvalue weighted by Crippen LogP contribution is -2.34. The summed E-state index contributed by atoms with van der Waals surface area (Å²) in [6, 6.07) is 12.7. The first-order chi connectivity index (χ1) is 12.7. The molecule has 7 heteroatoms. The highest BCUT2D eigenvalue weighted by atomic mass is 32.2. The number of thiazole rings is 1. The molecular formula is C19H15N3O2S2. The minimum absolute atomic E-state index is 0.134. The van der Waals surface area contributed by atoms with Crippen molar-refractivity contribution in [2.45, 2.75) is 4.34 Å². The number of amides is 2. The second kappa shape index (κ2) is 6.93. The van der Waals surface area contributed by atoms with E-state index in [9.17, 15) is 9.59 Å². The third-order valence-corrected chi connectivity index (χ3v) is 6.17. The van der Waals surface area contributed by atoms with Crippen LogP contribution in [0.5, 0.6) is 0 Å². The summed E-state index contributed by atoms with van der Waals surface area (Å²) in [6.45, 7) is 3.85. The van der Waals surface area contributed by atoms with E-state index >= 15 is 0 Å². The summed E-state index contributed by atoms with van der Waals surface area (Å²) in [5, 5.41) is 3.17. The van der Waals surface area contributed by atoms with Crippen LogP contribution >= 0.6 is 23.1 Å². The highest BCUT2D eigenvalue weighted by Gasteiger charge is 2.34. The maximum absolute atomic E-state index is 12.4. The predicted octanol–water partition coefficient (Wildman–Crippen LogP) is 4.24. The van der Waals surface area contributed by atoms with E-state index in [-0.39, 0.29) is 18.5 Å². The van der Waals surface area contributed by atoms with Gasteiger partial charge < -0.3 is 5.32 Å². The third kappa shape index (κ3) is 3.00. The van der Waals surface area contributed by atoms with Crippen LogP contribution in [0.3, 0.4) is 0 Å². The average Bonchev–Trinajstić information content (AvgIpc) is 3.17. The van der Waals surface area contributed by atoms with E-state index in [0.29, 0.717) is 11.1 Å². The topological polar surface area (TPSA) is 62.3 Å². The lowest BCUT2D eigenvalue weighted by atomic mass is 10.1. The molecule has 1 N–H and O–H groups in total. The molecule has 0 radical (unpaired) electrons. The lowest BCUT2D eigenvalue weighted by Gasteiger charge is -2.15. The van der Waals surface area contributed by atoms with Gasteiger partial charge in [0.25, 0.3) is 11.8 Å². The maximum Gasteiger partial charge on any atom is 0.263 e. The predicted molar refractivity (Wildman–Crippen MR) is 106 cm³/mol. The number of carbonyl (C=O) groups is 2. The summed E-state index contributed by atoms with van der Waals surface area (Å²) in [6.07, 6.45) is 1.85. The zero-order chi connectivity index (χ0) is 18.1. The van der Waals surface area contributed by atoms with Gasteiger partial charge in [-0.3, -0.25) is 14.5 Å². The fourth-order valence-electron chi connectivity index (χ4n) is 2.76. The first-order valence-electron chi connectivity index (χ1n) is 8.01. The van der Waals surface area contributed by atoms with Crippen molar-refractivity contribution in [3.63, 3.8) is 0 Å². The number of aromatic nitrogens is 1. The number of nitrogens with one attached hydrogen (secondary N) is 1. The van der Waals surface area contributed by atoms with Gasteiger partial charge in [0.15, 0.2) is 4.34 Å². The van der Waals surface area contributed by atoms with Crippen molar-refractivity contribution < 1.29 is 9.59 Å². The van der Waals surface area contributed by atoms with Gasteiger partial charge in [0.1, 0.15) is 0 Å². The first-order valence-corrected chi connectivity index (χ1v) is 9.81. The summed E-state index contributed by atoms with van der Waals surface area (Å²) >= 11 is 3.27. The molecule has 130 valence electrons. The van der Waals surface area contributed by atoms with Crippen LogP contribution in [-0.2, 0) is 0 Å². The molecule has 0 spiro atoms. The molecule has 1 aliphatic heterocycles. The van der Waals surface area contributed by atoms with Crippen LogP contribution < -0.4 is 5.32 Å². The van der Waals surface area contributed by atoms with Gasteiger partial charge in [-0.05, 0) is 30.3 Å². The van der Waals surface area contributed by atoms with Gasteiger partial charge in [-0.1, -0.05) is 30.0 Å². The van der Waals surface area contributed by atoms with E-state index in [2.05, 4.69) is 16.9 Å². The average molecular weight is 381 g/mol. The molecule has 0 unspecified atom stereocenters. The standard InChI is InChI=1S/C19H15N3O2S2/c1-2-9-25-19-21-15-8-7-12(10-16(15)26-19)20-11-22-17(23)13-5-3-4-6-14(13)18(22)24/h2-8,10,20H,1,9,11H2. The zero-order valence-electron chi connectivity index (χ0n) is 13.8. The van der Waals surface area contributed by atoms with Gasteiger partial charge in [-0.15, -0.1) is 17.9 Å². The molecule has 0 saturated carbocycles. The van der Waals surface area contributed by atoms with E-state index in [1.807, 2.05) is 24.3 Å². The molecule has 5 nitrogen and oxygen atoms in total. The number of fused-ring (bicyclic) bond motifs is 2. The molecule has 3 aromatic rings. The minimum Gasteiger partial charge on any atom is -0.367 e. The number of imide groups is 1. The molecule has 0 atom stereocenters. The molecule has 0 saturated heterocycles. The summed E-state index contributed by atoms with van der Waals surface area (Å²) in [5.41, 5.74) is 2.70. The van der Waals surface area contributed by atoms with E-state index in [0.717, 1.165) is 26.0 Å². The quantitative estimate of drug-likeness (QED) is 0.393. The Bertz CT molecular complexity index is 994. The van der Waals surface area contributed by atoms with Crippen LogP contribution in [0.1, 0.15) is 20.7 Å². The molecule has 2 heterocycles. The molecule has 4 rings (SSSR count). The maximum atomic E-state index is 12.4. The Balaban J connectivity index is 1.49. The molecule has 1 aliphatic rings.